The summed E-state index contributed by atoms with van der Waals surface area (Å²) >= 11 is 12.6. The summed E-state index contributed by atoms with van der Waals surface area (Å²) in [5, 5.41) is 3.02. The summed E-state index contributed by atoms with van der Waals surface area (Å²) in [4.78, 5) is 47.6. The molecule has 1 saturated carbocycles. The highest BCUT2D eigenvalue weighted by molar-refractivity contribution is 6.32. The van der Waals surface area contributed by atoms with Gasteiger partial charge in [-0.2, -0.15) is 0 Å². The van der Waals surface area contributed by atoms with Crippen LogP contribution in [0.2, 0.25) is 10.0 Å². The summed E-state index contributed by atoms with van der Waals surface area (Å²) in [6.07, 6.45) is 0.398. The molecule has 3 amide bonds. The fourth-order valence-electron chi connectivity index (χ4n) is 5.06. The molecule has 12 heteroatoms. The van der Waals surface area contributed by atoms with E-state index < -0.39 is 54.5 Å². The van der Waals surface area contributed by atoms with Gasteiger partial charge >= 0.3 is 0 Å². The smallest absolute Gasteiger partial charge is 0.252 e. The van der Waals surface area contributed by atoms with E-state index in [2.05, 4.69) is 10.3 Å². The zero-order valence-corrected chi connectivity index (χ0v) is 22.4. The molecule has 1 saturated heterocycles. The monoisotopic (exact) mass is 590 g/mol. The van der Waals surface area contributed by atoms with E-state index in [9.17, 15) is 27.6 Å². The number of nitrogens with zero attached hydrogens (tertiary/aromatic N) is 3. The van der Waals surface area contributed by atoms with Crippen molar-refractivity contribution in [1.82, 2.24) is 10.3 Å². The van der Waals surface area contributed by atoms with E-state index in [1.54, 1.807) is 12.1 Å². The Morgan fingerprint density at radius 3 is 2.50 bits per heavy atom. The number of aromatic nitrogens is 1. The first-order chi connectivity index (χ1) is 19.0. The standard InChI is InChI=1S/C28H23Cl2F3N4O3/c29-16-10-11-34-23(12-16)37-22(8-9-24(37)38)27(40)36(19-5-3-4-17(31)13-19)25(20-6-1-2-7-21(20)30)26(39)35-18-14-28(32,33)15-18/h1-7,10-13,18,22,25H,8-9,14-15H2,(H,35,39). The number of halogens is 5. The lowest BCUT2D eigenvalue weighted by Crippen LogP contribution is -2.56. The lowest BCUT2D eigenvalue weighted by molar-refractivity contribution is -0.133. The third-order valence-corrected chi connectivity index (χ3v) is 7.50. The molecule has 2 heterocycles. The van der Waals surface area contributed by atoms with Gasteiger partial charge in [0.15, 0.2) is 0 Å². The molecule has 0 spiro atoms. The molecule has 7 nitrogen and oxygen atoms in total. The Balaban J connectivity index is 1.60. The quantitative estimate of drug-likeness (QED) is 0.382. The van der Waals surface area contributed by atoms with Gasteiger partial charge in [0.1, 0.15) is 23.7 Å². The number of hydrogen-bond acceptors (Lipinski definition) is 4. The predicted molar refractivity (Wildman–Crippen MR) is 144 cm³/mol. The van der Waals surface area contributed by atoms with Crippen molar-refractivity contribution in [3.05, 3.63) is 88.3 Å². The van der Waals surface area contributed by atoms with Crippen LogP contribution >= 0.6 is 23.2 Å². The van der Waals surface area contributed by atoms with E-state index >= 15 is 0 Å². The predicted octanol–water partition coefficient (Wildman–Crippen LogP) is 5.71. The zero-order valence-electron chi connectivity index (χ0n) is 20.9. The second-order valence-corrected chi connectivity index (χ2v) is 10.6. The maximum Gasteiger partial charge on any atom is 0.252 e. The third kappa shape index (κ3) is 5.64. The van der Waals surface area contributed by atoms with Crippen molar-refractivity contribution < 1.29 is 27.6 Å². The van der Waals surface area contributed by atoms with Gasteiger partial charge in [0.05, 0.1) is 0 Å². The summed E-state index contributed by atoms with van der Waals surface area (Å²) in [5.74, 6) is -5.31. The first-order valence-electron chi connectivity index (χ1n) is 12.5. The van der Waals surface area contributed by atoms with Crippen molar-refractivity contribution in [2.24, 2.45) is 0 Å². The van der Waals surface area contributed by atoms with Crippen molar-refractivity contribution in [3.8, 4) is 0 Å². The maximum absolute atomic E-state index is 14.5. The second-order valence-electron chi connectivity index (χ2n) is 9.73. The average Bonchev–Trinajstić information content (AvgIpc) is 3.27. The molecule has 40 heavy (non-hydrogen) atoms. The normalized spacial score (nSPS) is 19.2. The van der Waals surface area contributed by atoms with Gasteiger partial charge in [0, 0.05) is 52.8 Å². The Labute approximate surface area is 237 Å². The number of carbonyl (C=O) groups excluding carboxylic acids is 3. The lowest BCUT2D eigenvalue weighted by Gasteiger charge is -2.39. The van der Waals surface area contributed by atoms with Gasteiger partial charge in [0.2, 0.25) is 11.8 Å². The van der Waals surface area contributed by atoms with Gasteiger partial charge in [-0.25, -0.2) is 18.2 Å². The minimum absolute atomic E-state index is 0.0156. The van der Waals surface area contributed by atoms with E-state index in [0.717, 1.165) is 11.0 Å². The van der Waals surface area contributed by atoms with Crippen LogP contribution in [0.5, 0.6) is 0 Å². The van der Waals surface area contributed by atoms with Gasteiger partial charge in [-0.05, 0) is 42.8 Å². The Kier molecular flexibility index (Phi) is 7.74. The molecule has 5 rings (SSSR count). The van der Waals surface area contributed by atoms with Gasteiger partial charge in [0.25, 0.3) is 11.8 Å². The number of pyridine rings is 1. The fourth-order valence-corrected chi connectivity index (χ4v) is 5.45. The van der Waals surface area contributed by atoms with Crippen LogP contribution < -0.4 is 15.1 Å². The molecule has 1 aliphatic heterocycles. The first kappa shape index (κ1) is 27.9. The van der Waals surface area contributed by atoms with Crippen LogP contribution in [0.25, 0.3) is 0 Å². The summed E-state index contributed by atoms with van der Waals surface area (Å²) in [5.41, 5.74) is 0.212. The number of anilines is 2. The summed E-state index contributed by atoms with van der Waals surface area (Å²) < 4.78 is 41.6. The van der Waals surface area contributed by atoms with Gasteiger partial charge in [-0.1, -0.05) is 47.5 Å². The molecular formula is C28H23Cl2F3N4O3. The van der Waals surface area contributed by atoms with E-state index in [4.69, 9.17) is 23.2 Å². The van der Waals surface area contributed by atoms with E-state index in [0.29, 0.717) is 5.02 Å². The van der Waals surface area contributed by atoms with Crippen LogP contribution in [-0.4, -0.2) is 40.7 Å². The van der Waals surface area contributed by atoms with Crippen LogP contribution in [0.15, 0.2) is 66.9 Å². The maximum atomic E-state index is 14.5. The lowest BCUT2D eigenvalue weighted by atomic mass is 9.87. The topological polar surface area (TPSA) is 82.6 Å². The number of carbonyl (C=O) groups is 3. The highest BCUT2D eigenvalue weighted by Crippen LogP contribution is 2.40. The van der Waals surface area contributed by atoms with Crippen LogP contribution in [0.3, 0.4) is 0 Å². The summed E-state index contributed by atoms with van der Waals surface area (Å²) in [6.45, 7) is 0. The molecule has 0 bridgehead atoms. The molecule has 2 unspecified atom stereocenters. The van der Waals surface area contributed by atoms with E-state index in [1.165, 1.54) is 53.6 Å². The number of hydrogen-bond donors (Lipinski definition) is 1. The number of rotatable bonds is 7. The van der Waals surface area contributed by atoms with Crippen molar-refractivity contribution in [2.75, 3.05) is 9.80 Å². The number of benzene rings is 2. The minimum atomic E-state index is -2.90. The first-order valence-corrected chi connectivity index (χ1v) is 13.2. The molecule has 2 aliphatic rings. The van der Waals surface area contributed by atoms with Crippen LogP contribution in [0.1, 0.15) is 37.3 Å². The van der Waals surface area contributed by atoms with Crippen LogP contribution in [0.4, 0.5) is 24.7 Å². The summed E-state index contributed by atoms with van der Waals surface area (Å²) in [6, 6.07) is 10.9. The van der Waals surface area contributed by atoms with Crippen molar-refractivity contribution in [3.63, 3.8) is 0 Å². The van der Waals surface area contributed by atoms with E-state index in [1.807, 2.05) is 0 Å². The number of nitrogens with one attached hydrogen (secondary N) is 1. The molecule has 0 radical (unpaired) electrons. The van der Waals surface area contributed by atoms with Gasteiger partial charge in [-0.15, -0.1) is 0 Å². The van der Waals surface area contributed by atoms with E-state index in [-0.39, 0.29) is 40.8 Å². The Morgan fingerprint density at radius 1 is 1.07 bits per heavy atom. The molecule has 2 aromatic carbocycles. The van der Waals surface area contributed by atoms with Gasteiger partial charge in [-0.3, -0.25) is 24.2 Å². The van der Waals surface area contributed by atoms with Crippen molar-refractivity contribution >= 4 is 52.4 Å². The molecule has 1 N–H and O–H groups in total. The Morgan fingerprint density at radius 2 is 1.82 bits per heavy atom. The van der Waals surface area contributed by atoms with Crippen LogP contribution in [-0.2, 0) is 14.4 Å². The van der Waals surface area contributed by atoms with Gasteiger partial charge < -0.3 is 5.32 Å². The zero-order chi connectivity index (χ0) is 28.6. The number of amides is 3. The summed E-state index contributed by atoms with van der Waals surface area (Å²) in [7, 11) is 0. The molecule has 3 aromatic rings. The molecule has 1 aromatic heterocycles. The second kappa shape index (κ2) is 11.1. The van der Waals surface area contributed by atoms with Crippen molar-refractivity contribution in [2.45, 2.75) is 49.7 Å². The number of alkyl halides is 2. The Hall–Kier alpha value is -3.63. The highest BCUT2D eigenvalue weighted by atomic mass is 35.5. The highest BCUT2D eigenvalue weighted by Gasteiger charge is 2.48. The molecule has 2 atom stereocenters. The van der Waals surface area contributed by atoms with Crippen molar-refractivity contribution in [1.29, 1.82) is 0 Å². The largest absolute Gasteiger partial charge is 0.351 e. The molecule has 1 aliphatic carbocycles. The fraction of sp³-hybridized carbons (Fsp3) is 0.286. The Bertz CT molecular complexity index is 1470. The molecule has 2 fully saturated rings. The molecule has 208 valence electrons. The minimum Gasteiger partial charge on any atom is -0.351 e. The third-order valence-electron chi connectivity index (χ3n) is 6.92. The molecular weight excluding hydrogens is 568 g/mol. The van der Waals surface area contributed by atoms with Crippen LogP contribution in [0, 0.1) is 5.82 Å². The SMILES string of the molecule is O=C(NC1CC(F)(F)C1)C(c1ccccc1Cl)N(C(=O)C1CCC(=O)N1c1cc(Cl)ccn1)c1cccc(F)c1. The average molecular weight is 591 g/mol.